The van der Waals surface area contributed by atoms with Gasteiger partial charge in [0.2, 0.25) is 5.88 Å². The number of benzene rings is 1. The monoisotopic (exact) mass is 375 g/mol. The van der Waals surface area contributed by atoms with Crippen LogP contribution in [0.3, 0.4) is 0 Å². The van der Waals surface area contributed by atoms with E-state index in [1.807, 2.05) is 6.92 Å². The number of hydrogen-bond acceptors (Lipinski definition) is 5. The number of nitrogens with zero attached hydrogens (tertiary/aromatic N) is 1. The van der Waals surface area contributed by atoms with Crippen LogP contribution in [0.4, 0.5) is 13.2 Å². The lowest BCUT2D eigenvalue weighted by atomic mass is 9.97. The lowest BCUT2D eigenvalue weighted by Crippen LogP contribution is -2.28. The zero-order chi connectivity index (χ0) is 18.6. The van der Waals surface area contributed by atoms with Crippen molar-refractivity contribution in [1.29, 1.82) is 0 Å². The highest BCUT2D eigenvalue weighted by Crippen LogP contribution is 2.43. The van der Waals surface area contributed by atoms with Gasteiger partial charge >= 0.3 is 21.6 Å². The Kier molecular flexibility index (Phi) is 3.90. The maximum absolute atomic E-state index is 12.6. The number of fused-ring (bicyclic) bond motifs is 3. The lowest BCUT2D eigenvalue weighted by molar-refractivity contribution is -0.0501. The van der Waals surface area contributed by atoms with Gasteiger partial charge in [-0.1, -0.05) is 6.92 Å². The van der Waals surface area contributed by atoms with Gasteiger partial charge in [0.25, 0.3) is 0 Å². The Bertz CT molecular complexity index is 985. The van der Waals surface area contributed by atoms with Crippen LogP contribution in [-0.2, 0) is 16.5 Å². The third-order valence-electron chi connectivity index (χ3n) is 4.13. The van der Waals surface area contributed by atoms with Crippen LogP contribution >= 0.6 is 0 Å². The molecule has 1 N–H and O–H groups in total. The largest absolute Gasteiger partial charge is 0.534 e. The van der Waals surface area contributed by atoms with Gasteiger partial charge < -0.3 is 9.29 Å². The summed E-state index contributed by atoms with van der Waals surface area (Å²) in [6, 6.07) is 3.94. The van der Waals surface area contributed by atoms with E-state index in [9.17, 15) is 26.4 Å². The number of alkyl halides is 3. The van der Waals surface area contributed by atoms with E-state index < -0.39 is 27.5 Å². The molecule has 3 rings (SSSR count). The van der Waals surface area contributed by atoms with E-state index in [1.54, 1.807) is 0 Å². The number of carbonyl (C=O) groups is 1. The van der Waals surface area contributed by atoms with E-state index in [0.717, 1.165) is 0 Å². The quantitative estimate of drug-likeness (QED) is 0.654. The second-order valence-corrected chi connectivity index (χ2v) is 7.31. The Morgan fingerprint density at radius 3 is 2.64 bits per heavy atom. The average Bonchev–Trinajstić information content (AvgIpc) is 2.88. The third kappa shape index (κ3) is 2.90. The summed E-state index contributed by atoms with van der Waals surface area (Å²) in [6.45, 7) is 1.82. The van der Waals surface area contributed by atoms with Crippen LogP contribution < -0.4 is 4.18 Å². The number of rotatable bonds is 3. The normalized spacial score (nSPS) is 17.5. The first-order valence-corrected chi connectivity index (χ1v) is 8.62. The molecule has 1 aliphatic carbocycles. The molecule has 2 aromatic rings. The van der Waals surface area contributed by atoms with E-state index in [2.05, 4.69) is 9.17 Å². The van der Waals surface area contributed by atoms with Gasteiger partial charge in [-0.25, -0.2) is 9.78 Å². The van der Waals surface area contributed by atoms with Gasteiger partial charge in [0, 0.05) is 10.9 Å². The Hall–Kier alpha value is -2.36. The SMILES string of the molecule is CC1CCc2c(OS(=O)(=O)C(F)(F)F)nc3ccc(C(=O)O)cc3c21. The zero-order valence-electron chi connectivity index (χ0n) is 12.8. The summed E-state index contributed by atoms with van der Waals surface area (Å²) in [7, 11) is -5.84. The zero-order valence-corrected chi connectivity index (χ0v) is 13.6. The number of pyridine rings is 1. The summed E-state index contributed by atoms with van der Waals surface area (Å²) >= 11 is 0. The summed E-state index contributed by atoms with van der Waals surface area (Å²) in [5.74, 6) is -1.85. The van der Waals surface area contributed by atoms with E-state index in [1.165, 1.54) is 18.2 Å². The predicted octanol–water partition coefficient (Wildman–Crippen LogP) is 3.21. The van der Waals surface area contributed by atoms with Crippen molar-refractivity contribution in [2.45, 2.75) is 31.2 Å². The molecule has 134 valence electrons. The summed E-state index contributed by atoms with van der Waals surface area (Å²) in [5.41, 5.74) is -4.55. The van der Waals surface area contributed by atoms with E-state index >= 15 is 0 Å². The number of carboxylic acids is 1. The molecular weight excluding hydrogens is 363 g/mol. The van der Waals surface area contributed by atoms with Crippen molar-refractivity contribution in [1.82, 2.24) is 4.98 Å². The van der Waals surface area contributed by atoms with Gasteiger partial charge in [-0.3, -0.25) is 0 Å². The van der Waals surface area contributed by atoms with Crippen LogP contribution in [0.5, 0.6) is 5.88 Å². The van der Waals surface area contributed by atoms with E-state index in [-0.39, 0.29) is 22.6 Å². The molecule has 0 aliphatic heterocycles. The highest BCUT2D eigenvalue weighted by atomic mass is 32.2. The van der Waals surface area contributed by atoms with Gasteiger partial charge in [-0.2, -0.15) is 21.6 Å². The molecule has 1 heterocycles. The molecule has 1 aliphatic rings. The van der Waals surface area contributed by atoms with Gasteiger partial charge in [0.15, 0.2) is 0 Å². The maximum Gasteiger partial charge on any atom is 0.534 e. The number of aromatic nitrogens is 1. The molecule has 0 amide bonds. The summed E-state index contributed by atoms with van der Waals surface area (Å²) in [4.78, 5) is 15.0. The Morgan fingerprint density at radius 1 is 1.36 bits per heavy atom. The molecule has 0 bridgehead atoms. The number of aromatic carboxylic acids is 1. The fourth-order valence-corrected chi connectivity index (χ4v) is 3.41. The van der Waals surface area contributed by atoms with Gasteiger partial charge in [0.1, 0.15) is 0 Å². The summed E-state index contributed by atoms with van der Waals surface area (Å²) in [5, 5.41) is 9.58. The first-order valence-electron chi connectivity index (χ1n) is 7.22. The molecule has 1 atom stereocenters. The van der Waals surface area contributed by atoms with Crippen molar-refractivity contribution in [3.05, 3.63) is 34.9 Å². The molecule has 0 radical (unpaired) electrons. The van der Waals surface area contributed by atoms with Gasteiger partial charge in [-0.05, 0) is 42.5 Å². The fraction of sp³-hybridized carbons (Fsp3) is 0.333. The first-order chi connectivity index (χ1) is 11.5. The molecule has 0 fully saturated rings. The minimum Gasteiger partial charge on any atom is -0.478 e. The fourth-order valence-electron chi connectivity index (χ4n) is 2.97. The number of hydrogen-bond donors (Lipinski definition) is 1. The minimum absolute atomic E-state index is 0.00665. The molecule has 25 heavy (non-hydrogen) atoms. The molecule has 1 aromatic heterocycles. The van der Waals surface area contributed by atoms with Crippen LogP contribution in [0.1, 0.15) is 40.7 Å². The van der Waals surface area contributed by atoms with Crippen LogP contribution in [-0.4, -0.2) is 30.0 Å². The molecule has 10 heteroatoms. The maximum atomic E-state index is 12.6. The van der Waals surface area contributed by atoms with Crippen LogP contribution in [0.2, 0.25) is 0 Å². The summed E-state index contributed by atoms with van der Waals surface area (Å²) < 4.78 is 64.7. The topological polar surface area (TPSA) is 93.6 Å². The molecular formula is C15H12F3NO5S. The van der Waals surface area contributed by atoms with E-state index in [0.29, 0.717) is 23.8 Å². The highest BCUT2D eigenvalue weighted by Gasteiger charge is 2.49. The van der Waals surface area contributed by atoms with Crippen molar-refractivity contribution in [3.63, 3.8) is 0 Å². The summed E-state index contributed by atoms with van der Waals surface area (Å²) in [6.07, 6.45) is 0.856. The average molecular weight is 375 g/mol. The molecule has 6 nitrogen and oxygen atoms in total. The van der Waals surface area contributed by atoms with Crippen molar-refractivity contribution in [2.75, 3.05) is 0 Å². The minimum atomic E-state index is -5.84. The number of carboxylic acid groups (broad SMARTS) is 1. The van der Waals surface area contributed by atoms with Crippen molar-refractivity contribution in [3.8, 4) is 5.88 Å². The van der Waals surface area contributed by atoms with Crippen LogP contribution in [0, 0.1) is 0 Å². The highest BCUT2D eigenvalue weighted by molar-refractivity contribution is 7.87. The lowest BCUT2D eigenvalue weighted by Gasteiger charge is -2.15. The standard InChI is InChI=1S/C15H12F3NO5S/c1-7-2-4-9-12(7)10-6-8(14(20)21)3-5-11(10)19-13(9)24-25(22,23)15(16,17)18/h3,5-7H,2,4H2,1H3,(H,20,21). The predicted molar refractivity (Wildman–Crippen MR) is 81.0 cm³/mol. The second kappa shape index (κ2) is 5.58. The van der Waals surface area contributed by atoms with Crippen molar-refractivity contribution >= 4 is 27.0 Å². The molecule has 1 aromatic carbocycles. The van der Waals surface area contributed by atoms with Crippen molar-refractivity contribution < 1.29 is 35.7 Å². The molecule has 0 saturated carbocycles. The Labute approximate surface area is 140 Å². The molecule has 1 unspecified atom stereocenters. The van der Waals surface area contributed by atoms with E-state index in [4.69, 9.17) is 5.11 Å². The Balaban J connectivity index is 2.23. The van der Waals surface area contributed by atoms with Gasteiger partial charge in [0.05, 0.1) is 11.1 Å². The Morgan fingerprint density at radius 2 is 2.04 bits per heavy atom. The van der Waals surface area contributed by atoms with Crippen LogP contribution in [0.25, 0.3) is 10.9 Å². The van der Waals surface area contributed by atoms with Crippen molar-refractivity contribution in [2.24, 2.45) is 0 Å². The molecule has 0 spiro atoms. The first kappa shape index (κ1) is 17.5. The smallest absolute Gasteiger partial charge is 0.478 e. The second-order valence-electron chi connectivity index (χ2n) is 5.77. The molecule has 0 saturated heterocycles. The van der Waals surface area contributed by atoms with Gasteiger partial charge in [-0.15, -0.1) is 0 Å². The van der Waals surface area contributed by atoms with Crippen LogP contribution in [0.15, 0.2) is 18.2 Å². The third-order valence-corrected chi connectivity index (χ3v) is 5.08. The number of halogens is 3.